The second-order valence-electron chi connectivity index (χ2n) is 6.31. The first kappa shape index (κ1) is 21.0. The Balaban J connectivity index is 1.72. The number of benzene rings is 2. The molecule has 2 amide bonds. The molecule has 0 heterocycles. The maximum atomic E-state index is 12.0. The average molecular weight is 384 g/mol. The molecular weight excluding hydrogens is 360 g/mol. The van der Waals surface area contributed by atoms with Crippen molar-refractivity contribution in [1.82, 2.24) is 0 Å². The van der Waals surface area contributed by atoms with Crippen LogP contribution in [0.15, 0.2) is 42.5 Å². The minimum Gasteiger partial charge on any atom is -0.497 e. The molecule has 7 nitrogen and oxygen atoms in total. The van der Waals surface area contributed by atoms with Crippen molar-refractivity contribution in [3.05, 3.63) is 53.6 Å². The summed E-state index contributed by atoms with van der Waals surface area (Å²) in [5.74, 6) is -0.769. The minimum atomic E-state index is -0.614. The fourth-order valence-corrected chi connectivity index (χ4v) is 2.41. The molecule has 2 rings (SSSR count). The van der Waals surface area contributed by atoms with E-state index >= 15 is 0 Å². The lowest BCUT2D eigenvalue weighted by Crippen LogP contribution is -2.21. The van der Waals surface area contributed by atoms with E-state index in [0.717, 1.165) is 16.8 Å². The first-order valence-electron chi connectivity index (χ1n) is 8.84. The number of nitrogens with one attached hydrogen (secondary N) is 2. The molecule has 0 radical (unpaired) electrons. The maximum Gasteiger partial charge on any atom is 0.306 e. The van der Waals surface area contributed by atoms with Crippen LogP contribution >= 0.6 is 0 Å². The van der Waals surface area contributed by atoms with Crippen LogP contribution in [-0.2, 0) is 19.1 Å². The number of esters is 1. The molecule has 2 aromatic carbocycles. The summed E-state index contributed by atoms with van der Waals surface area (Å²) in [5.41, 5.74) is 3.22. The van der Waals surface area contributed by atoms with Crippen LogP contribution in [0.25, 0.3) is 0 Å². The molecule has 0 unspecified atom stereocenters. The van der Waals surface area contributed by atoms with Crippen molar-refractivity contribution in [3.8, 4) is 5.75 Å². The van der Waals surface area contributed by atoms with E-state index in [9.17, 15) is 14.4 Å². The van der Waals surface area contributed by atoms with Crippen LogP contribution in [0.3, 0.4) is 0 Å². The Bertz CT molecular complexity index is 864. The number of amides is 2. The van der Waals surface area contributed by atoms with Crippen molar-refractivity contribution in [3.63, 3.8) is 0 Å². The van der Waals surface area contributed by atoms with E-state index < -0.39 is 18.5 Å². The summed E-state index contributed by atoms with van der Waals surface area (Å²) in [5, 5.41) is 5.38. The molecule has 2 N–H and O–H groups in total. The summed E-state index contributed by atoms with van der Waals surface area (Å²) in [6, 6.07) is 12.6. The van der Waals surface area contributed by atoms with Crippen molar-refractivity contribution in [2.45, 2.75) is 26.7 Å². The Morgan fingerprint density at radius 3 is 2.46 bits per heavy atom. The van der Waals surface area contributed by atoms with Crippen LogP contribution in [-0.4, -0.2) is 31.5 Å². The zero-order valence-corrected chi connectivity index (χ0v) is 16.2. The first-order valence-corrected chi connectivity index (χ1v) is 8.84. The summed E-state index contributed by atoms with van der Waals surface area (Å²) in [6.45, 7) is 3.40. The van der Waals surface area contributed by atoms with Crippen LogP contribution in [0.2, 0.25) is 0 Å². The summed E-state index contributed by atoms with van der Waals surface area (Å²) in [4.78, 5) is 35.6. The molecule has 28 heavy (non-hydrogen) atoms. The van der Waals surface area contributed by atoms with Gasteiger partial charge in [0.05, 0.1) is 13.5 Å². The molecular formula is C21H24N2O5. The standard InChI is InChI=1S/C21H24N2O5/c1-14-7-8-15(2)18(11-14)23-19(24)9-10-21(26)28-13-20(25)22-16-5-4-6-17(12-16)27-3/h4-8,11-12H,9-10,13H2,1-3H3,(H,22,25)(H,23,24). The maximum absolute atomic E-state index is 12.0. The zero-order chi connectivity index (χ0) is 20.5. The molecule has 7 heteroatoms. The molecule has 0 bridgehead atoms. The molecule has 0 aliphatic carbocycles. The summed E-state index contributed by atoms with van der Waals surface area (Å²) in [6.07, 6.45) is -0.132. The van der Waals surface area contributed by atoms with Gasteiger partial charge in [-0.3, -0.25) is 14.4 Å². The van der Waals surface area contributed by atoms with Crippen LogP contribution in [0.1, 0.15) is 24.0 Å². The number of anilines is 2. The number of rotatable bonds is 8. The first-order chi connectivity index (χ1) is 13.4. The SMILES string of the molecule is COc1cccc(NC(=O)COC(=O)CCC(=O)Nc2cc(C)ccc2C)c1. The molecule has 2 aromatic rings. The Hall–Kier alpha value is -3.35. The second-order valence-corrected chi connectivity index (χ2v) is 6.31. The molecule has 0 aliphatic heterocycles. The van der Waals surface area contributed by atoms with Crippen molar-refractivity contribution in [2.24, 2.45) is 0 Å². The third-order valence-electron chi connectivity index (χ3n) is 3.94. The van der Waals surface area contributed by atoms with E-state index in [1.807, 2.05) is 32.0 Å². The van der Waals surface area contributed by atoms with Gasteiger partial charge in [-0.15, -0.1) is 0 Å². The molecule has 148 valence electrons. The summed E-state index contributed by atoms with van der Waals surface area (Å²) in [7, 11) is 1.53. The van der Waals surface area contributed by atoms with Crippen LogP contribution in [0.5, 0.6) is 5.75 Å². The fourth-order valence-electron chi connectivity index (χ4n) is 2.41. The van der Waals surface area contributed by atoms with Crippen molar-refractivity contribution in [1.29, 1.82) is 0 Å². The zero-order valence-electron chi connectivity index (χ0n) is 16.2. The van der Waals surface area contributed by atoms with E-state index in [0.29, 0.717) is 11.4 Å². The Labute approximate surface area is 164 Å². The quantitative estimate of drug-likeness (QED) is 0.682. The van der Waals surface area contributed by atoms with Gasteiger partial charge in [-0.05, 0) is 43.2 Å². The lowest BCUT2D eigenvalue weighted by Gasteiger charge is -2.10. The lowest BCUT2D eigenvalue weighted by atomic mass is 10.1. The largest absolute Gasteiger partial charge is 0.497 e. The molecule has 0 aromatic heterocycles. The molecule has 0 saturated carbocycles. The molecule has 0 fully saturated rings. The van der Waals surface area contributed by atoms with E-state index in [1.165, 1.54) is 7.11 Å². The lowest BCUT2D eigenvalue weighted by molar-refractivity contribution is -0.147. The second kappa shape index (κ2) is 10.1. The average Bonchev–Trinajstić information content (AvgIpc) is 2.67. The summed E-state index contributed by atoms with van der Waals surface area (Å²) >= 11 is 0. The molecule has 0 atom stereocenters. The predicted molar refractivity (Wildman–Crippen MR) is 106 cm³/mol. The van der Waals surface area contributed by atoms with Gasteiger partial charge in [-0.2, -0.15) is 0 Å². The third kappa shape index (κ3) is 6.75. The third-order valence-corrected chi connectivity index (χ3v) is 3.94. The normalized spacial score (nSPS) is 10.1. The predicted octanol–water partition coefficient (Wildman–Crippen LogP) is 3.21. The number of carbonyl (C=O) groups is 3. The topological polar surface area (TPSA) is 93.7 Å². The highest BCUT2D eigenvalue weighted by Gasteiger charge is 2.12. The highest BCUT2D eigenvalue weighted by Crippen LogP contribution is 2.17. The monoisotopic (exact) mass is 384 g/mol. The van der Waals surface area contributed by atoms with E-state index in [4.69, 9.17) is 9.47 Å². The van der Waals surface area contributed by atoms with Gasteiger partial charge in [0, 0.05) is 23.9 Å². The number of ether oxygens (including phenoxy) is 2. The van der Waals surface area contributed by atoms with Gasteiger partial charge in [0.2, 0.25) is 5.91 Å². The Morgan fingerprint density at radius 2 is 1.71 bits per heavy atom. The molecule has 0 saturated heterocycles. The number of hydrogen-bond donors (Lipinski definition) is 2. The smallest absolute Gasteiger partial charge is 0.306 e. The van der Waals surface area contributed by atoms with Gasteiger partial charge in [-0.1, -0.05) is 18.2 Å². The number of carbonyl (C=O) groups excluding carboxylic acids is 3. The Kier molecular flexibility index (Phi) is 7.56. The summed E-state index contributed by atoms with van der Waals surface area (Å²) < 4.78 is 9.98. The molecule has 0 spiro atoms. The van der Waals surface area contributed by atoms with Gasteiger partial charge in [0.15, 0.2) is 6.61 Å². The van der Waals surface area contributed by atoms with Crippen molar-refractivity contribution in [2.75, 3.05) is 24.4 Å². The van der Waals surface area contributed by atoms with Crippen molar-refractivity contribution >= 4 is 29.2 Å². The van der Waals surface area contributed by atoms with Crippen LogP contribution < -0.4 is 15.4 Å². The fraction of sp³-hybridized carbons (Fsp3) is 0.286. The van der Waals surface area contributed by atoms with Gasteiger partial charge in [0.25, 0.3) is 5.91 Å². The number of hydrogen-bond acceptors (Lipinski definition) is 5. The van der Waals surface area contributed by atoms with Crippen molar-refractivity contribution < 1.29 is 23.9 Å². The van der Waals surface area contributed by atoms with Crippen LogP contribution in [0, 0.1) is 13.8 Å². The number of aryl methyl sites for hydroxylation is 2. The molecule has 0 aliphatic rings. The van der Waals surface area contributed by atoms with Gasteiger partial charge < -0.3 is 20.1 Å². The highest BCUT2D eigenvalue weighted by atomic mass is 16.5. The van der Waals surface area contributed by atoms with Crippen LogP contribution in [0.4, 0.5) is 11.4 Å². The van der Waals surface area contributed by atoms with Gasteiger partial charge in [0.1, 0.15) is 5.75 Å². The Morgan fingerprint density at radius 1 is 0.929 bits per heavy atom. The van der Waals surface area contributed by atoms with Gasteiger partial charge >= 0.3 is 5.97 Å². The highest BCUT2D eigenvalue weighted by molar-refractivity contribution is 5.94. The number of methoxy groups -OCH3 is 1. The minimum absolute atomic E-state index is 0.0241. The van der Waals surface area contributed by atoms with E-state index in [1.54, 1.807) is 24.3 Å². The van der Waals surface area contributed by atoms with E-state index in [2.05, 4.69) is 10.6 Å². The van der Waals surface area contributed by atoms with Gasteiger partial charge in [-0.25, -0.2) is 0 Å². The van der Waals surface area contributed by atoms with E-state index in [-0.39, 0.29) is 18.7 Å².